The Labute approximate surface area is 135 Å². The number of benzene rings is 1. The molecule has 22 heavy (non-hydrogen) atoms. The second kappa shape index (κ2) is 7.26. The molecule has 2 rings (SSSR count). The molecule has 0 aliphatic heterocycles. The molecule has 0 aliphatic rings. The van der Waals surface area contributed by atoms with Crippen LogP contribution in [0.4, 0.5) is 11.5 Å². The van der Waals surface area contributed by atoms with Gasteiger partial charge in [-0.25, -0.2) is 0 Å². The van der Waals surface area contributed by atoms with Crippen LogP contribution in [0.2, 0.25) is 0 Å². The number of hydrogen-bond acceptors (Lipinski definition) is 5. The third-order valence-electron chi connectivity index (χ3n) is 3.35. The molecule has 0 fully saturated rings. The summed E-state index contributed by atoms with van der Waals surface area (Å²) in [5, 5.41) is 12.0. The predicted molar refractivity (Wildman–Crippen MR) is 91.6 cm³/mol. The van der Waals surface area contributed by atoms with Crippen LogP contribution in [0.25, 0.3) is 0 Å². The van der Waals surface area contributed by atoms with Gasteiger partial charge in [-0.2, -0.15) is 0 Å². The molecule has 0 radical (unpaired) electrons. The zero-order valence-corrected chi connectivity index (χ0v) is 14.1. The van der Waals surface area contributed by atoms with Crippen LogP contribution in [0.15, 0.2) is 35.4 Å². The van der Waals surface area contributed by atoms with Gasteiger partial charge < -0.3 is 10.2 Å². The fourth-order valence-electron chi connectivity index (χ4n) is 2.11. The van der Waals surface area contributed by atoms with Crippen molar-refractivity contribution in [1.82, 2.24) is 10.2 Å². The third-order valence-corrected chi connectivity index (χ3v) is 3.99. The molecule has 116 valence electrons. The van der Waals surface area contributed by atoms with E-state index in [9.17, 15) is 4.79 Å². The van der Waals surface area contributed by atoms with Crippen LogP contribution in [0.5, 0.6) is 0 Å². The summed E-state index contributed by atoms with van der Waals surface area (Å²) in [6, 6.07) is 9.71. The maximum atomic E-state index is 12.2. The monoisotopic (exact) mass is 316 g/mol. The summed E-state index contributed by atoms with van der Waals surface area (Å²) in [6.45, 7) is 4.19. The molecule has 5 nitrogen and oxygen atoms in total. The van der Waals surface area contributed by atoms with Crippen molar-refractivity contribution < 1.29 is 4.79 Å². The molecule has 1 amide bonds. The van der Waals surface area contributed by atoms with E-state index in [2.05, 4.69) is 15.5 Å². The van der Waals surface area contributed by atoms with Crippen molar-refractivity contribution in [2.75, 3.05) is 30.1 Å². The van der Waals surface area contributed by atoms with Crippen LogP contribution in [0, 0.1) is 13.8 Å². The average molecular weight is 316 g/mol. The second-order valence-electron chi connectivity index (χ2n) is 5.10. The summed E-state index contributed by atoms with van der Waals surface area (Å²) in [6.07, 6.45) is 1.95. The van der Waals surface area contributed by atoms with E-state index in [4.69, 9.17) is 0 Å². The number of thioether (sulfide) groups is 1. The molecule has 0 bridgehead atoms. The SMILES string of the molecule is CSc1ccc(N(C)CC(=O)Nc2c(C)cccc2C)nn1. The number of aromatic nitrogens is 2. The van der Waals surface area contributed by atoms with Crippen LogP contribution < -0.4 is 10.2 Å². The highest BCUT2D eigenvalue weighted by molar-refractivity contribution is 7.98. The molecule has 1 N–H and O–H groups in total. The maximum absolute atomic E-state index is 12.2. The fourth-order valence-corrected chi connectivity index (χ4v) is 2.44. The van der Waals surface area contributed by atoms with Gasteiger partial charge in [0, 0.05) is 12.7 Å². The number of carbonyl (C=O) groups excluding carboxylic acids is 1. The molecule has 1 aromatic heterocycles. The number of anilines is 2. The van der Waals surface area contributed by atoms with Gasteiger partial charge in [-0.3, -0.25) is 4.79 Å². The Hall–Kier alpha value is -2.08. The first-order chi connectivity index (χ1) is 10.5. The molecule has 1 heterocycles. The Morgan fingerprint density at radius 2 is 1.86 bits per heavy atom. The van der Waals surface area contributed by atoms with Crippen molar-refractivity contribution in [3.8, 4) is 0 Å². The lowest BCUT2D eigenvalue weighted by atomic mass is 10.1. The molecule has 0 unspecified atom stereocenters. The molecular formula is C16H20N4OS. The van der Waals surface area contributed by atoms with Gasteiger partial charge in [-0.15, -0.1) is 22.0 Å². The van der Waals surface area contributed by atoms with Crippen LogP contribution in [0.3, 0.4) is 0 Å². The number of likely N-dealkylation sites (N-methyl/N-ethyl adjacent to an activating group) is 1. The fraction of sp³-hybridized carbons (Fsp3) is 0.312. The highest BCUT2D eigenvalue weighted by atomic mass is 32.2. The van der Waals surface area contributed by atoms with E-state index >= 15 is 0 Å². The zero-order chi connectivity index (χ0) is 16.1. The number of rotatable bonds is 5. The standard InChI is InChI=1S/C16H20N4OS/c1-11-6-5-7-12(2)16(11)17-14(21)10-20(3)13-8-9-15(22-4)19-18-13/h5-9H,10H2,1-4H3,(H,17,21). The molecule has 0 aliphatic carbocycles. The van der Waals surface area contributed by atoms with Gasteiger partial charge in [0.05, 0.1) is 6.54 Å². The Bertz CT molecular complexity index is 637. The molecule has 1 aromatic carbocycles. The van der Waals surface area contributed by atoms with E-state index in [1.807, 2.05) is 57.5 Å². The highest BCUT2D eigenvalue weighted by Crippen LogP contribution is 2.19. The van der Waals surface area contributed by atoms with Crippen molar-refractivity contribution in [2.45, 2.75) is 18.9 Å². The summed E-state index contributed by atoms with van der Waals surface area (Å²) in [5.74, 6) is 0.602. The Morgan fingerprint density at radius 3 is 2.41 bits per heavy atom. The van der Waals surface area contributed by atoms with Crippen molar-refractivity contribution >= 4 is 29.2 Å². The maximum Gasteiger partial charge on any atom is 0.243 e. The van der Waals surface area contributed by atoms with Crippen molar-refractivity contribution in [3.63, 3.8) is 0 Å². The molecule has 0 atom stereocenters. The van der Waals surface area contributed by atoms with Gasteiger partial charge in [-0.1, -0.05) is 18.2 Å². The highest BCUT2D eigenvalue weighted by Gasteiger charge is 2.11. The van der Waals surface area contributed by atoms with Crippen LogP contribution in [-0.2, 0) is 4.79 Å². The van der Waals surface area contributed by atoms with Gasteiger partial charge in [0.2, 0.25) is 5.91 Å². The van der Waals surface area contributed by atoms with Crippen LogP contribution >= 0.6 is 11.8 Å². The lowest BCUT2D eigenvalue weighted by Gasteiger charge is -2.18. The summed E-state index contributed by atoms with van der Waals surface area (Å²) in [4.78, 5) is 14.0. The minimum atomic E-state index is -0.0735. The number of amides is 1. The normalized spacial score (nSPS) is 10.4. The van der Waals surface area contributed by atoms with E-state index in [1.54, 1.807) is 4.90 Å². The number of carbonyl (C=O) groups is 1. The summed E-state index contributed by atoms with van der Waals surface area (Å²) < 4.78 is 0. The quantitative estimate of drug-likeness (QED) is 0.860. The minimum absolute atomic E-state index is 0.0735. The first-order valence-electron chi connectivity index (χ1n) is 6.96. The summed E-state index contributed by atoms with van der Waals surface area (Å²) in [5.41, 5.74) is 2.99. The number of para-hydroxylation sites is 1. The topological polar surface area (TPSA) is 58.1 Å². The summed E-state index contributed by atoms with van der Waals surface area (Å²) in [7, 11) is 1.83. The lowest BCUT2D eigenvalue weighted by Crippen LogP contribution is -2.31. The minimum Gasteiger partial charge on any atom is -0.349 e. The van der Waals surface area contributed by atoms with Gasteiger partial charge in [-0.05, 0) is 43.4 Å². The van der Waals surface area contributed by atoms with Gasteiger partial charge >= 0.3 is 0 Å². The van der Waals surface area contributed by atoms with Gasteiger partial charge in [0.1, 0.15) is 5.03 Å². The van der Waals surface area contributed by atoms with Gasteiger partial charge in [0.15, 0.2) is 5.82 Å². The Kier molecular flexibility index (Phi) is 5.38. The largest absolute Gasteiger partial charge is 0.349 e. The zero-order valence-electron chi connectivity index (χ0n) is 13.3. The molecule has 6 heteroatoms. The van der Waals surface area contributed by atoms with E-state index in [-0.39, 0.29) is 12.5 Å². The Balaban J connectivity index is 2.01. The third kappa shape index (κ3) is 3.98. The summed E-state index contributed by atoms with van der Waals surface area (Å²) >= 11 is 1.54. The number of nitrogens with one attached hydrogen (secondary N) is 1. The van der Waals surface area contributed by atoms with Crippen molar-refractivity contribution in [3.05, 3.63) is 41.5 Å². The van der Waals surface area contributed by atoms with E-state index in [0.29, 0.717) is 5.82 Å². The molecule has 2 aromatic rings. The van der Waals surface area contributed by atoms with Crippen LogP contribution in [0.1, 0.15) is 11.1 Å². The molecule has 0 saturated heterocycles. The van der Waals surface area contributed by atoms with Crippen LogP contribution in [-0.4, -0.2) is 36.0 Å². The van der Waals surface area contributed by atoms with Crippen molar-refractivity contribution in [1.29, 1.82) is 0 Å². The molecular weight excluding hydrogens is 296 g/mol. The van der Waals surface area contributed by atoms with E-state index < -0.39 is 0 Å². The predicted octanol–water partition coefficient (Wildman–Crippen LogP) is 2.89. The Morgan fingerprint density at radius 1 is 1.18 bits per heavy atom. The number of nitrogens with zero attached hydrogens (tertiary/aromatic N) is 3. The number of hydrogen-bond donors (Lipinski definition) is 1. The number of aryl methyl sites for hydroxylation is 2. The first-order valence-corrected chi connectivity index (χ1v) is 8.18. The average Bonchev–Trinajstić information content (AvgIpc) is 2.51. The smallest absolute Gasteiger partial charge is 0.243 e. The van der Waals surface area contributed by atoms with E-state index in [1.165, 1.54) is 11.8 Å². The first kappa shape index (κ1) is 16.3. The van der Waals surface area contributed by atoms with Crippen molar-refractivity contribution in [2.24, 2.45) is 0 Å². The van der Waals surface area contributed by atoms with Gasteiger partial charge in [0.25, 0.3) is 0 Å². The second-order valence-corrected chi connectivity index (χ2v) is 5.93. The lowest BCUT2D eigenvalue weighted by molar-refractivity contribution is -0.114. The molecule has 0 spiro atoms. The molecule has 0 saturated carbocycles. The van der Waals surface area contributed by atoms with E-state index in [0.717, 1.165) is 21.8 Å².